The molecule has 1 heterocycles. The summed E-state index contributed by atoms with van der Waals surface area (Å²) in [5.74, 6) is -0.336. The minimum atomic E-state index is -1.36. The van der Waals surface area contributed by atoms with Crippen molar-refractivity contribution in [3.63, 3.8) is 0 Å². The fourth-order valence-electron chi connectivity index (χ4n) is 2.15. The molecule has 1 aromatic carbocycles. The third-order valence-corrected chi connectivity index (χ3v) is 3.59. The van der Waals surface area contributed by atoms with Crippen molar-refractivity contribution < 1.29 is 29.2 Å². The highest BCUT2D eigenvalue weighted by Gasteiger charge is 2.19. The van der Waals surface area contributed by atoms with Crippen LogP contribution in [0.25, 0.3) is 0 Å². The summed E-state index contributed by atoms with van der Waals surface area (Å²) in [5.41, 5.74) is 1.65. The average molecular weight is 361 g/mol. The van der Waals surface area contributed by atoms with E-state index in [-0.39, 0.29) is 13.2 Å². The van der Waals surface area contributed by atoms with Crippen LogP contribution in [0.15, 0.2) is 42.6 Å². The van der Waals surface area contributed by atoms with Crippen LogP contribution in [0.4, 0.5) is 0 Å². The summed E-state index contributed by atoms with van der Waals surface area (Å²) in [6.45, 7) is 4.00. The lowest BCUT2D eigenvalue weighted by atomic mass is 10.2. The summed E-state index contributed by atoms with van der Waals surface area (Å²) < 4.78 is 15.8. The molecule has 0 saturated heterocycles. The standard InChI is InChI=1S/C19H23NO6/c1-3-13-5-10-16(20-11-13)17(21)12-25-14-6-8-15(9-7-14)26-19(18(22)23)24-4-2/h5-11,17,19,21H,3-4,12H2,1-2H3,(H,22,23)/t17-,19+/m1/s1. The van der Waals surface area contributed by atoms with Crippen LogP contribution in [0.5, 0.6) is 11.5 Å². The maximum atomic E-state index is 11.0. The zero-order valence-electron chi connectivity index (χ0n) is 14.8. The fraction of sp³-hybridized carbons (Fsp3) is 0.368. The van der Waals surface area contributed by atoms with Crippen LogP contribution >= 0.6 is 0 Å². The lowest BCUT2D eigenvalue weighted by Crippen LogP contribution is -2.30. The molecule has 2 N–H and O–H groups in total. The summed E-state index contributed by atoms with van der Waals surface area (Å²) in [5, 5.41) is 19.1. The van der Waals surface area contributed by atoms with E-state index < -0.39 is 18.4 Å². The van der Waals surface area contributed by atoms with Crippen molar-refractivity contribution in [1.29, 1.82) is 0 Å². The van der Waals surface area contributed by atoms with E-state index in [9.17, 15) is 9.90 Å². The molecule has 2 aromatic rings. The van der Waals surface area contributed by atoms with E-state index in [0.29, 0.717) is 17.2 Å². The van der Waals surface area contributed by atoms with E-state index in [0.717, 1.165) is 12.0 Å². The number of benzene rings is 1. The van der Waals surface area contributed by atoms with Crippen molar-refractivity contribution in [2.45, 2.75) is 32.7 Å². The highest BCUT2D eigenvalue weighted by atomic mass is 16.7. The Balaban J connectivity index is 1.88. The highest BCUT2D eigenvalue weighted by Crippen LogP contribution is 2.20. The van der Waals surface area contributed by atoms with Gasteiger partial charge in [-0.1, -0.05) is 13.0 Å². The molecule has 0 aliphatic heterocycles. The molecule has 0 aliphatic carbocycles. The Bertz CT molecular complexity index is 686. The largest absolute Gasteiger partial charge is 0.490 e. The van der Waals surface area contributed by atoms with Gasteiger partial charge in [0.2, 0.25) is 0 Å². The zero-order chi connectivity index (χ0) is 18.9. The van der Waals surface area contributed by atoms with Gasteiger partial charge in [-0.15, -0.1) is 0 Å². The molecule has 0 bridgehead atoms. The van der Waals surface area contributed by atoms with E-state index >= 15 is 0 Å². The predicted molar refractivity (Wildman–Crippen MR) is 94.2 cm³/mol. The number of hydrogen-bond donors (Lipinski definition) is 2. The topological polar surface area (TPSA) is 98.1 Å². The molecular weight excluding hydrogens is 338 g/mol. The van der Waals surface area contributed by atoms with E-state index in [1.54, 1.807) is 43.5 Å². The van der Waals surface area contributed by atoms with E-state index in [2.05, 4.69) is 4.98 Å². The van der Waals surface area contributed by atoms with Gasteiger partial charge in [-0.05, 0) is 49.2 Å². The van der Waals surface area contributed by atoms with Gasteiger partial charge in [-0.3, -0.25) is 4.98 Å². The summed E-state index contributed by atoms with van der Waals surface area (Å²) in [7, 11) is 0. The van der Waals surface area contributed by atoms with Gasteiger partial charge in [-0.25, -0.2) is 4.79 Å². The maximum Gasteiger partial charge on any atom is 0.373 e. The Kier molecular flexibility index (Phi) is 7.37. The van der Waals surface area contributed by atoms with E-state index in [1.165, 1.54) is 0 Å². The number of aliphatic hydroxyl groups excluding tert-OH is 1. The molecule has 0 fully saturated rings. The third-order valence-electron chi connectivity index (χ3n) is 3.59. The summed E-state index contributed by atoms with van der Waals surface area (Å²) in [6.07, 6.45) is 0.430. The SMILES string of the molecule is CCO[C@@H](Oc1ccc(OC[C@@H](O)c2ccc(CC)cn2)cc1)C(=O)O. The van der Waals surface area contributed by atoms with Crippen molar-refractivity contribution in [1.82, 2.24) is 4.98 Å². The van der Waals surface area contributed by atoms with Crippen LogP contribution in [0.2, 0.25) is 0 Å². The van der Waals surface area contributed by atoms with Crippen LogP contribution in [0.1, 0.15) is 31.2 Å². The van der Waals surface area contributed by atoms with Gasteiger partial charge >= 0.3 is 5.97 Å². The molecule has 0 unspecified atom stereocenters. The second-order valence-corrected chi connectivity index (χ2v) is 5.49. The van der Waals surface area contributed by atoms with Gasteiger partial charge < -0.3 is 24.4 Å². The first-order valence-electron chi connectivity index (χ1n) is 8.40. The van der Waals surface area contributed by atoms with Crippen molar-refractivity contribution in [2.75, 3.05) is 13.2 Å². The Labute approximate surface area is 152 Å². The maximum absolute atomic E-state index is 11.0. The van der Waals surface area contributed by atoms with Crippen LogP contribution in [-0.2, 0) is 16.0 Å². The van der Waals surface area contributed by atoms with Crippen LogP contribution in [-0.4, -0.2) is 40.7 Å². The molecule has 0 aliphatic rings. The van der Waals surface area contributed by atoms with Gasteiger partial charge in [0, 0.05) is 12.8 Å². The monoisotopic (exact) mass is 361 g/mol. The Morgan fingerprint density at radius 2 is 1.81 bits per heavy atom. The smallest absolute Gasteiger partial charge is 0.373 e. The van der Waals surface area contributed by atoms with Crippen LogP contribution in [0.3, 0.4) is 0 Å². The van der Waals surface area contributed by atoms with Gasteiger partial charge in [0.25, 0.3) is 6.29 Å². The highest BCUT2D eigenvalue weighted by molar-refractivity contribution is 5.71. The van der Waals surface area contributed by atoms with Gasteiger partial charge in [-0.2, -0.15) is 0 Å². The predicted octanol–water partition coefficient (Wildman–Crippen LogP) is 2.58. The molecule has 7 heteroatoms. The fourth-order valence-corrected chi connectivity index (χ4v) is 2.15. The Morgan fingerprint density at radius 1 is 1.12 bits per heavy atom. The molecule has 1 aromatic heterocycles. The van der Waals surface area contributed by atoms with Crippen molar-refractivity contribution >= 4 is 5.97 Å². The molecule has 0 radical (unpaired) electrons. The average Bonchev–Trinajstić information content (AvgIpc) is 2.66. The molecule has 0 spiro atoms. The molecule has 7 nitrogen and oxygen atoms in total. The normalized spacial score (nSPS) is 13.0. The lowest BCUT2D eigenvalue weighted by molar-refractivity contribution is -0.170. The second-order valence-electron chi connectivity index (χ2n) is 5.49. The molecule has 140 valence electrons. The molecule has 0 saturated carbocycles. The van der Waals surface area contributed by atoms with Crippen molar-refractivity contribution in [3.05, 3.63) is 53.9 Å². The van der Waals surface area contributed by atoms with Crippen LogP contribution in [0, 0.1) is 0 Å². The zero-order valence-corrected chi connectivity index (χ0v) is 14.8. The van der Waals surface area contributed by atoms with E-state index in [4.69, 9.17) is 19.3 Å². The number of aromatic nitrogens is 1. The summed E-state index contributed by atoms with van der Waals surface area (Å²) in [6, 6.07) is 10.1. The number of ether oxygens (including phenoxy) is 3. The quantitative estimate of drug-likeness (QED) is 0.628. The number of aryl methyl sites for hydroxylation is 1. The Hall–Kier alpha value is -2.64. The minimum absolute atomic E-state index is 0.0510. The minimum Gasteiger partial charge on any atom is -0.490 e. The molecular formula is C19H23NO6. The van der Waals surface area contributed by atoms with Gasteiger partial charge in [0.15, 0.2) is 0 Å². The molecule has 2 rings (SSSR count). The van der Waals surface area contributed by atoms with Gasteiger partial charge in [0.05, 0.1) is 5.69 Å². The van der Waals surface area contributed by atoms with Crippen LogP contribution < -0.4 is 9.47 Å². The summed E-state index contributed by atoms with van der Waals surface area (Å²) in [4.78, 5) is 15.2. The number of rotatable bonds is 10. The number of carboxylic acid groups (broad SMARTS) is 1. The third kappa shape index (κ3) is 5.72. The number of carbonyl (C=O) groups is 1. The first-order valence-corrected chi connectivity index (χ1v) is 8.40. The number of nitrogens with zero attached hydrogens (tertiary/aromatic N) is 1. The molecule has 26 heavy (non-hydrogen) atoms. The molecule has 0 amide bonds. The van der Waals surface area contributed by atoms with Crippen molar-refractivity contribution in [3.8, 4) is 11.5 Å². The first kappa shape index (κ1) is 19.7. The number of hydrogen-bond acceptors (Lipinski definition) is 6. The van der Waals surface area contributed by atoms with Crippen molar-refractivity contribution in [2.24, 2.45) is 0 Å². The number of aliphatic carboxylic acids is 1. The number of pyridine rings is 1. The first-order chi connectivity index (χ1) is 12.5. The second kappa shape index (κ2) is 9.74. The number of carboxylic acids is 1. The Morgan fingerprint density at radius 3 is 2.35 bits per heavy atom. The lowest BCUT2D eigenvalue weighted by Gasteiger charge is -2.15. The van der Waals surface area contributed by atoms with E-state index in [1.807, 2.05) is 13.0 Å². The van der Waals surface area contributed by atoms with Gasteiger partial charge in [0.1, 0.15) is 24.2 Å². The summed E-state index contributed by atoms with van der Waals surface area (Å²) >= 11 is 0. The molecule has 2 atom stereocenters. The number of aliphatic hydroxyl groups is 1.